The molecule has 2 aromatic rings. The lowest BCUT2D eigenvalue weighted by molar-refractivity contribution is 0.733. The lowest BCUT2D eigenvalue weighted by atomic mass is 10.3. The van der Waals surface area contributed by atoms with Gasteiger partial charge in [-0.1, -0.05) is 35.8 Å². The van der Waals surface area contributed by atoms with Crippen molar-refractivity contribution in [2.24, 2.45) is 0 Å². The van der Waals surface area contributed by atoms with E-state index >= 15 is 0 Å². The van der Waals surface area contributed by atoms with Gasteiger partial charge in [-0.3, -0.25) is 0 Å². The van der Waals surface area contributed by atoms with Gasteiger partial charge in [0.05, 0.1) is 0 Å². The van der Waals surface area contributed by atoms with Crippen molar-refractivity contribution in [1.29, 1.82) is 0 Å². The Hall–Kier alpha value is -1.62. The van der Waals surface area contributed by atoms with E-state index in [0.717, 1.165) is 41.9 Å². The quantitative estimate of drug-likeness (QED) is 0.793. The number of rotatable bonds is 7. The molecule has 2 rings (SSSR count). The molecule has 112 valence electrons. The average Bonchev–Trinajstić information content (AvgIpc) is 2.47. The normalized spacial score (nSPS) is 10.4. The van der Waals surface area contributed by atoms with E-state index in [1.165, 1.54) is 0 Å². The van der Waals surface area contributed by atoms with Gasteiger partial charge in [0.15, 0.2) is 0 Å². The maximum atomic E-state index is 4.62. The summed E-state index contributed by atoms with van der Waals surface area (Å²) >= 11 is 3.47. The van der Waals surface area contributed by atoms with E-state index in [2.05, 4.69) is 50.0 Å². The minimum absolute atomic E-state index is 0.628. The fourth-order valence-corrected chi connectivity index (χ4v) is 2.56. The number of aromatic nitrogens is 2. The molecule has 0 bridgehead atoms. The van der Waals surface area contributed by atoms with Crippen molar-refractivity contribution in [2.75, 3.05) is 23.3 Å². The monoisotopic (exact) mass is 348 g/mol. The second kappa shape index (κ2) is 7.98. The summed E-state index contributed by atoms with van der Waals surface area (Å²) in [5.41, 5.74) is 0.971. The maximum absolute atomic E-state index is 4.62. The first-order chi connectivity index (χ1) is 10.2. The summed E-state index contributed by atoms with van der Waals surface area (Å²) in [7, 11) is 0. The topological polar surface area (TPSA) is 41.1 Å². The van der Waals surface area contributed by atoms with E-state index in [1.807, 2.05) is 30.3 Å². The largest absolute Gasteiger partial charge is 0.356 e. The van der Waals surface area contributed by atoms with Crippen LogP contribution in [0.15, 0.2) is 41.0 Å². The van der Waals surface area contributed by atoms with Gasteiger partial charge in [-0.25, -0.2) is 4.98 Å². The van der Waals surface area contributed by atoms with E-state index in [0.29, 0.717) is 5.95 Å². The molecule has 0 aliphatic rings. The van der Waals surface area contributed by atoms with Crippen LogP contribution in [0.2, 0.25) is 0 Å². The molecule has 0 fully saturated rings. The fraction of sp³-hybridized carbons (Fsp3) is 0.375. The van der Waals surface area contributed by atoms with Crippen molar-refractivity contribution in [2.45, 2.75) is 26.7 Å². The second-order valence-electron chi connectivity index (χ2n) is 4.86. The number of hydrogen-bond acceptors (Lipinski definition) is 4. The summed E-state index contributed by atoms with van der Waals surface area (Å²) in [6.45, 7) is 6.40. The Morgan fingerprint density at radius 1 is 1.14 bits per heavy atom. The first-order valence-electron chi connectivity index (χ1n) is 7.33. The zero-order chi connectivity index (χ0) is 15.1. The van der Waals surface area contributed by atoms with Gasteiger partial charge in [0.2, 0.25) is 5.95 Å². The Morgan fingerprint density at radius 2 is 1.90 bits per heavy atom. The van der Waals surface area contributed by atoms with Crippen molar-refractivity contribution >= 4 is 33.4 Å². The Labute approximate surface area is 134 Å². The van der Waals surface area contributed by atoms with Crippen LogP contribution >= 0.6 is 15.9 Å². The molecule has 0 unspecified atom stereocenters. The highest BCUT2D eigenvalue weighted by atomic mass is 79.9. The van der Waals surface area contributed by atoms with Crippen LogP contribution in [0.1, 0.15) is 26.7 Å². The molecule has 1 N–H and O–H groups in total. The molecule has 0 amide bonds. The third-order valence-electron chi connectivity index (χ3n) is 3.03. The summed E-state index contributed by atoms with van der Waals surface area (Å²) in [5.74, 6) is 1.61. The summed E-state index contributed by atoms with van der Waals surface area (Å²) in [5, 5.41) is 3.25. The zero-order valence-corrected chi connectivity index (χ0v) is 14.1. The minimum Gasteiger partial charge on any atom is -0.356 e. The van der Waals surface area contributed by atoms with Gasteiger partial charge in [0.25, 0.3) is 0 Å². The molecule has 0 aliphatic heterocycles. The smallest absolute Gasteiger partial charge is 0.229 e. The van der Waals surface area contributed by atoms with Gasteiger partial charge < -0.3 is 10.2 Å². The molecule has 0 aliphatic carbocycles. The maximum Gasteiger partial charge on any atom is 0.229 e. The second-order valence-corrected chi connectivity index (χ2v) is 5.78. The Balaban J connectivity index is 2.16. The molecular formula is C16H21BrN4. The molecule has 0 atom stereocenters. The average molecular weight is 349 g/mol. The van der Waals surface area contributed by atoms with Gasteiger partial charge in [-0.05, 0) is 37.1 Å². The first kappa shape index (κ1) is 15.8. The van der Waals surface area contributed by atoms with Crippen LogP contribution < -0.4 is 10.2 Å². The van der Waals surface area contributed by atoms with E-state index in [4.69, 9.17) is 0 Å². The molecule has 1 aromatic heterocycles. The van der Waals surface area contributed by atoms with Crippen molar-refractivity contribution in [1.82, 2.24) is 9.97 Å². The molecule has 0 spiro atoms. The molecule has 0 saturated carbocycles. The highest BCUT2D eigenvalue weighted by molar-refractivity contribution is 9.10. The Bertz CT molecular complexity index is 568. The van der Waals surface area contributed by atoms with E-state index in [9.17, 15) is 0 Å². The number of halogens is 1. The molecule has 4 nitrogen and oxygen atoms in total. The summed E-state index contributed by atoms with van der Waals surface area (Å²) in [6, 6.07) is 9.95. The van der Waals surface area contributed by atoms with Crippen LogP contribution in [0.3, 0.4) is 0 Å². The first-order valence-corrected chi connectivity index (χ1v) is 8.12. The lowest BCUT2D eigenvalue weighted by Gasteiger charge is -2.22. The molecular weight excluding hydrogens is 328 g/mol. The van der Waals surface area contributed by atoms with Crippen molar-refractivity contribution in [3.8, 4) is 0 Å². The van der Waals surface area contributed by atoms with E-state index < -0.39 is 0 Å². The standard InChI is InChI=1S/C16H21BrN4/c1-3-10-21(11-4-2)15-8-9-18-16(20-15)19-14-7-5-6-13(17)12-14/h5-9,12H,3-4,10-11H2,1-2H3,(H,18,19,20). The minimum atomic E-state index is 0.628. The van der Waals surface area contributed by atoms with Gasteiger partial charge in [-0.2, -0.15) is 4.98 Å². The van der Waals surface area contributed by atoms with Crippen LogP contribution in [-0.2, 0) is 0 Å². The van der Waals surface area contributed by atoms with E-state index in [-0.39, 0.29) is 0 Å². The molecule has 0 radical (unpaired) electrons. The predicted molar refractivity (Wildman–Crippen MR) is 92.3 cm³/mol. The lowest BCUT2D eigenvalue weighted by Crippen LogP contribution is -2.26. The summed E-state index contributed by atoms with van der Waals surface area (Å²) in [6.07, 6.45) is 4.03. The Morgan fingerprint density at radius 3 is 2.57 bits per heavy atom. The number of nitrogens with zero attached hydrogens (tertiary/aromatic N) is 3. The zero-order valence-electron chi connectivity index (χ0n) is 12.5. The van der Waals surface area contributed by atoms with Crippen LogP contribution in [0.4, 0.5) is 17.5 Å². The number of hydrogen-bond donors (Lipinski definition) is 1. The molecule has 1 heterocycles. The van der Waals surface area contributed by atoms with Crippen LogP contribution in [0.5, 0.6) is 0 Å². The predicted octanol–water partition coefficient (Wildman–Crippen LogP) is 4.61. The fourth-order valence-electron chi connectivity index (χ4n) is 2.16. The highest BCUT2D eigenvalue weighted by Gasteiger charge is 2.07. The third kappa shape index (κ3) is 4.70. The van der Waals surface area contributed by atoms with Gasteiger partial charge in [-0.15, -0.1) is 0 Å². The van der Waals surface area contributed by atoms with Gasteiger partial charge in [0, 0.05) is 29.4 Å². The number of nitrogens with one attached hydrogen (secondary N) is 1. The number of benzene rings is 1. The van der Waals surface area contributed by atoms with Crippen molar-refractivity contribution in [3.05, 3.63) is 41.0 Å². The van der Waals surface area contributed by atoms with Gasteiger partial charge >= 0.3 is 0 Å². The van der Waals surface area contributed by atoms with Crippen LogP contribution in [0.25, 0.3) is 0 Å². The van der Waals surface area contributed by atoms with Crippen molar-refractivity contribution in [3.63, 3.8) is 0 Å². The molecule has 1 aromatic carbocycles. The third-order valence-corrected chi connectivity index (χ3v) is 3.53. The number of anilines is 3. The summed E-state index contributed by atoms with van der Waals surface area (Å²) in [4.78, 5) is 11.2. The molecule has 5 heteroatoms. The SMILES string of the molecule is CCCN(CCC)c1ccnc(Nc2cccc(Br)c2)n1. The van der Waals surface area contributed by atoms with E-state index in [1.54, 1.807) is 6.20 Å². The van der Waals surface area contributed by atoms with Crippen molar-refractivity contribution < 1.29 is 0 Å². The van der Waals surface area contributed by atoms with Crippen LogP contribution in [-0.4, -0.2) is 23.1 Å². The summed E-state index contributed by atoms with van der Waals surface area (Å²) < 4.78 is 1.03. The molecule has 21 heavy (non-hydrogen) atoms. The van der Waals surface area contributed by atoms with Crippen LogP contribution in [0, 0.1) is 0 Å². The van der Waals surface area contributed by atoms with Gasteiger partial charge in [0.1, 0.15) is 5.82 Å². The molecule has 0 saturated heterocycles. The highest BCUT2D eigenvalue weighted by Crippen LogP contribution is 2.20. The Kier molecular flexibility index (Phi) is 5.99.